The number of nitrogens with two attached hydrogens (primary N) is 2. The van der Waals surface area contributed by atoms with Gasteiger partial charge in [-0.15, -0.1) is 0 Å². The predicted octanol–water partition coefficient (Wildman–Crippen LogP) is 0.234. The molecule has 0 bridgehead atoms. The molecule has 0 amide bonds. The van der Waals surface area contributed by atoms with E-state index in [1.54, 1.807) is 6.07 Å². The van der Waals surface area contributed by atoms with Crippen molar-refractivity contribution in [1.29, 1.82) is 0 Å². The Morgan fingerprint density at radius 3 is 2.58 bits per heavy atom. The van der Waals surface area contributed by atoms with Crippen molar-refractivity contribution in [3.63, 3.8) is 0 Å². The van der Waals surface area contributed by atoms with Crippen molar-refractivity contribution >= 4 is 0 Å². The molecule has 0 saturated carbocycles. The SMILES string of the molecule is NCc1ccc(C(N)O)c(F)c1. The van der Waals surface area contributed by atoms with Crippen LogP contribution in [0.4, 0.5) is 4.39 Å². The van der Waals surface area contributed by atoms with Crippen LogP contribution in [-0.2, 0) is 6.54 Å². The van der Waals surface area contributed by atoms with Crippen molar-refractivity contribution in [2.75, 3.05) is 0 Å². The highest BCUT2D eigenvalue weighted by atomic mass is 19.1. The third-order valence-electron chi connectivity index (χ3n) is 1.62. The lowest BCUT2D eigenvalue weighted by molar-refractivity contribution is 0.181. The molecule has 0 spiro atoms. The quantitative estimate of drug-likeness (QED) is 0.556. The van der Waals surface area contributed by atoms with Crippen molar-refractivity contribution in [3.8, 4) is 0 Å². The summed E-state index contributed by atoms with van der Waals surface area (Å²) in [6, 6.07) is 4.34. The predicted molar refractivity (Wildman–Crippen MR) is 43.4 cm³/mol. The van der Waals surface area contributed by atoms with Crippen molar-refractivity contribution in [2.24, 2.45) is 11.5 Å². The molecule has 3 nitrogen and oxygen atoms in total. The topological polar surface area (TPSA) is 72.3 Å². The average Bonchev–Trinajstić information content (AvgIpc) is 2.03. The van der Waals surface area contributed by atoms with Gasteiger partial charge in [0.2, 0.25) is 0 Å². The van der Waals surface area contributed by atoms with E-state index in [0.717, 1.165) is 0 Å². The summed E-state index contributed by atoms with van der Waals surface area (Å²) in [5.41, 5.74) is 11.1. The van der Waals surface area contributed by atoms with Crippen LogP contribution in [0.5, 0.6) is 0 Å². The number of rotatable bonds is 2. The Morgan fingerprint density at radius 2 is 2.17 bits per heavy atom. The van der Waals surface area contributed by atoms with Crippen LogP contribution in [0, 0.1) is 5.82 Å². The number of hydrogen-bond donors (Lipinski definition) is 3. The molecule has 12 heavy (non-hydrogen) atoms. The fourth-order valence-electron chi connectivity index (χ4n) is 0.937. The third-order valence-corrected chi connectivity index (χ3v) is 1.62. The molecule has 0 aromatic heterocycles. The van der Waals surface area contributed by atoms with E-state index in [-0.39, 0.29) is 12.1 Å². The van der Waals surface area contributed by atoms with Crippen LogP contribution in [0.3, 0.4) is 0 Å². The van der Waals surface area contributed by atoms with Gasteiger partial charge in [-0.3, -0.25) is 0 Å². The van der Waals surface area contributed by atoms with Crippen LogP contribution in [-0.4, -0.2) is 5.11 Å². The van der Waals surface area contributed by atoms with Crippen LogP contribution >= 0.6 is 0 Å². The van der Waals surface area contributed by atoms with Gasteiger partial charge in [0.1, 0.15) is 12.0 Å². The highest BCUT2D eigenvalue weighted by Crippen LogP contribution is 2.14. The minimum Gasteiger partial charge on any atom is -0.374 e. The molecular formula is C8H11FN2O. The molecule has 0 fully saturated rings. The molecule has 1 aromatic rings. The molecule has 0 heterocycles. The summed E-state index contributed by atoms with van der Waals surface area (Å²) in [5.74, 6) is -0.520. The van der Waals surface area contributed by atoms with Crippen LogP contribution in [0.25, 0.3) is 0 Å². The van der Waals surface area contributed by atoms with E-state index in [0.29, 0.717) is 5.56 Å². The fraction of sp³-hybridized carbons (Fsp3) is 0.250. The summed E-state index contributed by atoms with van der Waals surface area (Å²) < 4.78 is 13.0. The van der Waals surface area contributed by atoms with Crippen LogP contribution in [0.1, 0.15) is 17.4 Å². The molecule has 4 heteroatoms. The highest BCUT2D eigenvalue weighted by molar-refractivity contribution is 5.25. The molecule has 1 unspecified atom stereocenters. The van der Waals surface area contributed by atoms with Crippen molar-refractivity contribution < 1.29 is 9.50 Å². The van der Waals surface area contributed by atoms with E-state index in [1.165, 1.54) is 12.1 Å². The second kappa shape index (κ2) is 3.62. The van der Waals surface area contributed by atoms with Gasteiger partial charge in [0, 0.05) is 12.1 Å². The van der Waals surface area contributed by atoms with Gasteiger partial charge in [-0.05, 0) is 11.6 Å². The first-order valence-electron chi connectivity index (χ1n) is 3.57. The second-order valence-electron chi connectivity index (χ2n) is 2.50. The van der Waals surface area contributed by atoms with E-state index in [2.05, 4.69) is 0 Å². The van der Waals surface area contributed by atoms with E-state index in [4.69, 9.17) is 16.6 Å². The second-order valence-corrected chi connectivity index (χ2v) is 2.50. The van der Waals surface area contributed by atoms with E-state index in [1.807, 2.05) is 0 Å². The molecular weight excluding hydrogens is 159 g/mol. The Morgan fingerprint density at radius 1 is 1.50 bits per heavy atom. The molecule has 0 aliphatic heterocycles. The molecule has 0 saturated heterocycles. The minimum absolute atomic E-state index is 0.0900. The molecule has 66 valence electrons. The molecule has 0 aliphatic rings. The zero-order valence-corrected chi connectivity index (χ0v) is 6.50. The Bertz CT molecular complexity index is 276. The summed E-state index contributed by atoms with van der Waals surface area (Å²) >= 11 is 0. The van der Waals surface area contributed by atoms with Gasteiger partial charge >= 0.3 is 0 Å². The third kappa shape index (κ3) is 1.79. The average molecular weight is 170 g/mol. The highest BCUT2D eigenvalue weighted by Gasteiger charge is 2.07. The van der Waals surface area contributed by atoms with Gasteiger partial charge < -0.3 is 16.6 Å². The molecule has 0 radical (unpaired) electrons. The van der Waals surface area contributed by atoms with Gasteiger partial charge in [0.25, 0.3) is 0 Å². The zero-order valence-electron chi connectivity index (χ0n) is 6.50. The first kappa shape index (κ1) is 9.12. The molecule has 5 N–H and O–H groups in total. The lowest BCUT2D eigenvalue weighted by Gasteiger charge is -2.06. The van der Waals surface area contributed by atoms with Gasteiger partial charge in [-0.1, -0.05) is 12.1 Å². The minimum atomic E-state index is -1.27. The Hall–Kier alpha value is -0.970. The fourth-order valence-corrected chi connectivity index (χ4v) is 0.937. The number of halogens is 1. The summed E-state index contributed by atoms with van der Waals surface area (Å²) in [6.45, 7) is 0.276. The monoisotopic (exact) mass is 170 g/mol. The van der Waals surface area contributed by atoms with E-state index < -0.39 is 12.0 Å². The normalized spacial score (nSPS) is 13.0. The van der Waals surface area contributed by atoms with E-state index >= 15 is 0 Å². The largest absolute Gasteiger partial charge is 0.374 e. The van der Waals surface area contributed by atoms with Gasteiger partial charge in [0.05, 0.1) is 0 Å². The summed E-state index contributed by atoms with van der Waals surface area (Å²) in [4.78, 5) is 0. The lowest BCUT2D eigenvalue weighted by Crippen LogP contribution is -2.11. The molecule has 0 aliphatic carbocycles. The maximum absolute atomic E-state index is 13.0. The van der Waals surface area contributed by atoms with Crippen molar-refractivity contribution in [2.45, 2.75) is 12.8 Å². The molecule has 1 rings (SSSR count). The first-order valence-corrected chi connectivity index (χ1v) is 3.57. The Kier molecular flexibility index (Phi) is 2.75. The van der Waals surface area contributed by atoms with Crippen molar-refractivity contribution in [3.05, 3.63) is 35.1 Å². The summed E-state index contributed by atoms with van der Waals surface area (Å²) in [6.07, 6.45) is -1.27. The number of aliphatic hydroxyl groups is 1. The zero-order chi connectivity index (χ0) is 9.14. The first-order chi connectivity index (χ1) is 5.65. The maximum atomic E-state index is 13.0. The Balaban J connectivity index is 3.03. The van der Waals surface area contributed by atoms with Gasteiger partial charge in [-0.2, -0.15) is 0 Å². The lowest BCUT2D eigenvalue weighted by atomic mass is 10.1. The maximum Gasteiger partial charge on any atom is 0.131 e. The summed E-state index contributed by atoms with van der Waals surface area (Å²) in [5, 5.41) is 8.87. The van der Waals surface area contributed by atoms with Gasteiger partial charge in [-0.25, -0.2) is 4.39 Å². The number of benzene rings is 1. The van der Waals surface area contributed by atoms with Crippen LogP contribution in [0.15, 0.2) is 18.2 Å². The van der Waals surface area contributed by atoms with Crippen LogP contribution in [0.2, 0.25) is 0 Å². The smallest absolute Gasteiger partial charge is 0.131 e. The van der Waals surface area contributed by atoms with Gasteiger partial charge in [0.15, 0.2) is 0 Å². The number of hydrogen-bond acceptors (Lipinski definition) is 3. The number of aliphatic hydroxyl groups excluding tert-OH is 1. The molecule has 1 atom stereocenters. The standard InChI is InChI=1S/C8H11FN2O/c9-7-3-5(4-10)1-2-6(7)8(11)12/h1-3,8,12H,4,10-11H2. The Labute approximate surface area is 69.8 Å². The van der Waals surface area contributed by atoms with Crippen LogP contribution < -0.4 is 11.5 Å². The summed E-state index contributed by atoms with van der Waals surface area (Å²) in [7, 11) is 0. The molecule has 1 aromatic carbocycles. The van der Waals surface area contributed by atoms with E-state index in [9.17, 15) is 4.39 Å². The van der Waals surface area contributed by atoms with Crippen molar-refractivity contribution in [1.82, 2.24) is 0 Å².